The number of rotatable bonds is 5. The lowest BCUT2D eigenvalue weighted by Crippen LogP contribution is -2.60. The molecule has 1 unspecified atom stereocenters. The Hall–Kier alpha value is -1.56. The normalized spacial score (nSPS) is 20.7. The van der Waals surface area contributed by atoms with Gasteiger partial charge in [-0.2, -0.15) is 0 Å². The molecule has 1 amide bonds. The first-order valence-corrected chi connectivity index (χ1v) is 7.04. The van der Waals surface area contributed by atoms with Crippen LogP contribution >= 0.6 is 0 Å². The van der Waals surface area contributed by atoms with Gasteiger partial charge >= 0.3 is 0 Å². The van der Waals surface area contributed by atoms with Crippen LogP contribution in [0, 0.1) is 11.8 Å². The van der Waals surface area contributed by atoms with Crippen molar-refractivity contribution in [2.45, 2.75) is 44.8 Å². The number of carbonyl (C=O) groups is 1. The minimum atomic E-state index is -2.74. The van der Waals surface area contributed by atoms with Crippen molar-refractivity contribution in [3.8, 4) is 0 Å². The van der Waals surface area contributed by atoms with Crippen LogP contribution in [0.25, 0.3) is 0 Å². The second-order valence-corrected chi connectivity index (χ2v) is 6.18. The van der Waals surface area contributed by atoms with Crippen molar-refractivity contribution < 1.29 is 18.7 Å². The SMILES string of the molecule is CC(C)CC(O)(NC(=O)c1cccnc1)C1CC(F)(F)C1. The number of hydrogen-bond donors (Lipinski definition) is 2. The molecule has 4 nitrogen and oxygen atoms in total. The molecule has 6 heteroatoms. The molecule has 0 bridgehead atoms. The van der Waals surface area contributed by atoms with Crippen LogP contribution in [0.15, 0.2) is 24.5 Å². The number of aliphatic hydroxyl groups is 1. The summed E-state index contributed by atoms with van der Waals surface area (Å²) in [5.74, 6) is -3.80. The van der Waals surface area contributed by atoms with E-state index in [2.05, 4.69) is 10.3 Å². The van der Waals surface area contributed by atoms with Gasteiger partial charge in [0.25, 0.3) is 5.91 Å². The molecule has 1 aliphatic rings. The average molecular weight is 298 g/mol. The Morgan fingerprint density at radius 2 is 2.24 bits per heavy atom. The third kappa shape index (κ3) is 3.75. The number of carbonyl (C=O) groups excluding carboxylic acids is 1. The lowest BCUT2D eigenvalue weighted by Gasteiger charge is -2.46. The quantitative estimate of drug-likeness (QED) is 0.821. The van der Waals surface area contributed by atoms with E-state index in [1.165, 1.54) is 12.4 Å². The van der Waals surface area contributed by atoms with E-state index in [0.29, 0.717) is 5.56 Å². The molecule has 1 heterocycles. The van der Waals surface area contributed by atoms with Gasteiger partial charge in [0, 0.05) is 31.2 Å². The largest absolute Gasteiger partial charge is 0.371 e. The zero-order valence-corrected chi connectivity index (χ0v) is 12.1. The van der Waals surface area contributed by atoms with Gasteiger partial charge in [-0.1, -0.05) is 13.8 Å². The van der Waals surface area contributed by atoms with E-state index in [-0.39, 0.29) is 12.3 Å². The smallest absolute Gasteiger partial charge is 0.255 e. The van der Waals surface area contributed by atoms with Gasteiger partial charge in [0.05, 0.1) is 5.56 Å². The molecule has 1 fully saturated rings. The van der Waals surface area contributed by atoms with Crippen molar-refractivity contribution in [2.75, 3.05) is 0 Å². The molecule has 1 aliphatic carbocycles. The van der Waals surface area contributed by atoms with E-state index in [9.17, 15) is 18.7 Å². The van der Waals surface area contributed by atoms with Gasteiger partial charge in [0.15, 0.2) is 0 Å². The summed E-state index contributed by atoms with van der Waals surface area (Å²) in [7, 11) is 0. The summed E-state index contributed by atoms with van der Waals surface area (Å²) in [6.45, 7) is 3.75. The molecule has 0 aromatic carbocycles. The van der Waals surface area contributed by atoms with Gasteiger partial charge in [0.1, 0.15) is 5.72 Å². The number of pyridine rings is 1. The molecular weight excluding hydrogens is 278 g/mol. The van der Waals surface area contributed by atoms with Crippen molar-refractivity contribution in [1.82, 2.24) is 10.3 Å². The van der Waals surface area contributed by atoms with Gasteiger partial charge in [0.2, 0.25) is 5.92 Å². The first-order chi connectivity index (χ1) is 9.72. The zero-order chi connectivity index (χ0) is 15.7. The molecule has 1 aromatic heterocycles. The second kappa shape index (κ2) is 5.67. The van der Waals surface area contributed by atoms with Crippen LogP contribution in [-0.4, -0.2) is 27.6 Å². The Balaban J connectivity index is 2.11. The highest BCUT2D eigenvalue weighted by Gasteiger charge is 2.55. The molecule has 0 spiro atoms. The van der Waals surface area contributed by atoms with Crippen molar-refractivity contribution in [3.05, 3.63) is 30.1 Å². The van der Waals surface area contributed by atoms with Gasteiger partial charge in [-0.15, -0.1) is 0 Å². The summed E-state index contributed by atoms with van der Waals surface area (Å²) in [6, 6.07) is 3.17. The van der Waals surface area contributed by atoms with Crippen LogP contribution in [0.5, 0.6) is 0 Å². The van der Waals surface area contributed by atoms with Crippen molar-refractivity contribution in [1.29, 1.82) is 0 Å². The third-order valence-electron chi connectivity index (χ3n) is 3.74. The highest BCUT2D eigenvalue weighted by atomic mass is 19.3. The van der Waals surface area contributed by atoms with Crippen LogP contribution in [-0.2, 0) is 0 Å². The van der Waals surface area contributed by atoms with E-state index < -0.39 is 36.3 Å². The molecule has 1 saturated carbocycles. The lowest BCUT2D eigenvalue weighted by molar-refractivity contribution is -0.188. The maximum atomic E-state index is 13.1. The Morgan fingerprint density at radius 1 is 1.57 bits per heavy atom. The van der Waals surface area contributed by atoms with Crippen LogP contribution in [0.3, 0.4) is 0 Å². The molecule has 1 aromatic rings. The van der Waals surface area contributed by atoms with E-state index in [1.54, 1.807) is 12.1 Å². The maximum absolute atomic E-state index is 13.1. The molecule has 116 valence electrons. The number of aromatic nitrogens is 1. The molecule has 21 heavy (non-hydrogen) atoms. The predicted molar refractivity (Wildman–Crippen MR) is 73.8 cm³/mol. The lowest BCUT2D eigenvalue weighted by atomic mass is 9.71. The molecular formula is C15H20F2N2O2. The zero-order valence-electron chi connectivity index (χ0n) is 12.1. The highest BCUT2D eigenvalue weighted by Crippen LogP contribution is 2.48. The van der Waals surface area contributed by atoms with Gasteiger partial charge in [-0.05, 0) is 24.5 Å². The van der Waals surface area contributed by atoms with Crippen LogP contribution in [0.2, 0.25) is 0 Å². The summed E-state index contributed by atoms with van der Waals surface area (Å²) in [6.07, 6.45) is 2.34. The van der Waals surface area contributed by atoms with Gasteiger partial charge < -0.3 is 10.4 Å². The summed E-state index contributed by atoms with van der Waals surface area (Å²) in [5, 5.41) is 13.2. The fourth-order valence-electron chi connectivity index (χ4n) is 2.71. The number of nitrogens with zero attached hydrogens (tertiary/aromatic N) is 1. The standard InChI is InChI=1S/C15H20F2N2O2/c1-10(2)6-15(21,12-7-14(16,17)8-12)19-13(20)11-4-3-5-18-9-11/h3-5,9-10,12,21H,6-8H2,1-2H3,(H,19,20). The van der Waals surface area contributed by atoms with Crippen LogP contribution in [0.1, 0.15) is 43.5 Å². The molecule has 2 rings (SSSR count). The number of nitrogens with one attached hydrogen (secondary N) is 1. The van der Waals surface area contributed by atoms with E-state index in [1.807, 2.05) is 13.8 Å². The third-order valence-corrected chi connectivity index (χ3v) is 3.74. The Kier molecular flexibility index (Phi) is 4.27. The molecule has 0 radical (unpaired) electrons. The average Bonchev–Trinajstić information content (AvgIpc) is 2.35. The topological polar surface area (TPSA) is 62.2 Å². The molecule has 0 aliphatic heterocycles. The minimum Gasteiger partial charge on any atom is -0.371 e. The first-order valence-electron chi connectivity index (χ1n) is 7.04. The molecule has 1 atom stereocenters. The summed E-state index contributed by atoms with van der Waals surface area (Å²) in [5.41, 5.74) is -1.31. The maximum Gasteiger partial charge on any atom is 0.255 e. The van der Waals surface area contributed by atoms with Crippen molar-refractivity contribution >= 4 is 5.91 Å². The highest BCUT2D eigenvalue weighted by molar-refractivity contribution is 5.94. The number of amides is 1. The second-order valence-electron chi connectivity index (χ2n) is 6.18. The number of alkyl halides is 2. The van der Waals surface area contributed by atoms with E-state index in [4.69, 9.17) is 0 Å². The van der Waals surface area contributed by atoms with E-state index in [0.717, 1.165) is 0 Å². The van der Waals surface area contributed by atoms with Crippen molar-refractivity contribution in [3.63, 3.8) is 0 Å². The van der Waals surface area contributed by atoms with Gasteiger partial charge in [-0.25, -0.2) is 8.78 Å². The summed E-state index contributed by atoms with van der Waals surface area (Å²) in [4.78, 5) is 16.0. The summed E-state index contributed by atoms with van der Waals surface area (Å²) < 4.78 is 26.2. The van der Waals surface area contributed by atoms with Crippen LogP contribution in [0.4, 0.5) is 8.78 Å². The van der Waals surface area contributed by atoms with Crippen molar-refractivity contribution in [2.24, 2.45) is 11.8 Å². The molecule has 2 N–H and O–H groups in total. The fourth-order valence-corrected chi connectivity index (χ4v) is 2.71. The predicted octanol–water partition coefficient (Wildman–Crippen LogP) is 2.59. The Bertz CT molecular complexity index is 500. The van der Waals surface area contributed by atoms with Gasteiger partial charge in [-0.3, -0.25) is 9.78 Å². The number of hydrogen-bond acceptors (Lipinski definition) is 3. The Morgan fingerprint density at radius 3 is 2.71 bits per heavy atom. The van der Waals surface area contributed by atoms with E-state index >= 15 is 0 Å². The first kappa shape index (κ1) is 15.8. The monoisotopic (exact) mass is 298 g/mol. The minimum absolute atomic E-state index is 0.0680. The Labute approximate surface area is 122 Å². The number of halogens is 2. The summed E-state index contributed by atoms with van der Waals surface area (Å²) >= 11 is 0. The van der Waals surface area contributed by atoms with Crippen LogP contribution < -0.4 is 5.32 Å². The molecule has 0 saturated heterocycles. The fraction of sp³-hybridized carbons (Fsp3) is 0.600.